The maximum Gasteiger partial charge on any atom is 0.258 e. The van der Waals surface area contributed by atoms with Gasteiger partial charge in [0, 0.05) is 10.6 Å². The molecular weight excluding hydrogens is 288 g/mol. The van der Waals surface area contributed by atoms with E-state index < -0.39 is 0 Å². The molecule has 0 bridgehead atoms. The zero-order chi connectivity index (χ0) is 14.7. The maximum absolute atomic E-state index is 12.2. The smallest absolute Gasteiger partial charge is 0.258 e. The first-order valence-corrected chi connectivity index (χ1v) is 6.64. The lowest BCUT2D eigenvalue weighted by Crippen LogP contribution is -2.15. The van der Waals surface area contributed by atoms with Gasteiger partial charge in [-0.3, -0.25) is 10.1 Å². The molecule has 0 unspecified atom stereocenters. The number of nitrogens with zero attached hydrogens (tertiary/aromatic N) is 3. The molecule has 104 valence electrons. The third-order valence-corrected chi connectivity index (χ3v) is 3.13. The van der Waals surface area contributed by atoms with E-state index in [0.717, 1.165) is 5.69 Å². The van der Waals surface area contributed by atoms with E-state index in [1.807, 2.05) is 30.3 Å². The van der Waals surface area contributed by atoms with E-state index in [2.05, 4.69) is 15.4 Å². The van der Waals surface area contributed by atoms with Crippen LogP contribution in [0.2, 0.25) is 5.02 Å². The molecule has 0 aliphatic heterocycles. The Balaban J connectivity index is 1.85. The number of hydrogen-bond acceptors (Lipinski definition) is 3. The molecule has 1 N–H and O–H groups in total. The van der Waals surface area contributed by atoms with Gasteiger partial charge in [-0.2, -0.15) is 14.8 Å². The van der Waals surface area contributed by atoms with E-state index in [1.165, 1.54) is 6.33 Å². The summed E-state index contributed by atoms with van der Waals surface area (Å²) in [5.74, 6) is 0.0954. The van der Waals surface area contributed by atoms with E-state index in [9.17, 15) is 4.79 Å². The molecule has 1 amide bonds. The maximum atomic E-state index is 12.2. The molecular formula is C15H11ClN4O. The lowest BCUT2D eigenvalue weighted by molar-refractivity contribution is 0.102. The number of benzene rings is 2. The molecule has 21 heavy (non-hydrogen) atoms. The Labute approximate surface area is 126 Å². The van der Waals surface area contributed by atoms with Crippen LogP contribution >= 0.6 is 11.6 Å². The molecule has 0 radical (unpaired) electrons. The quantitative estimate of drug-likeness (QED) is 0.808. The number of hydrogen-bond donors (Lipinski definition) is 1. The van der Waals surface area contributed by atoms with Gasteiger partial charge in [-0.05, 0) is 36.4 Å². The number of amides is 1. The molecule has 1 aromatic heterocycles. The van der Waals surface area contributed by atoms with Gasteiger partial charge in [0.2, 0.25) is 5.95 Å². The highest BCUT2D eigenvalue weighted by Crippen LogP contribution is 2.14. The number of carbonyl (C=O) groups excluding carboxylic acids is 1. The summed E-state index contributed by atoms with van der Waals surface area (Å²) in [4.78, 5) is 16.2. The molecule has 0 fully saturated rings. The second-order valence-electron chi connectivity index (χ2n) is 4.29. The summed E-state index contributed by atoms with van der Waals surface area (Å²) in [6, 6.07) is 16.1. The monoisotopic (exact) mass is 298 g/mol. The second-order valence-corrected chi connectivity index (χ2v) is 4.73. The topological polar surface area (TPSA) is 59.8 Å². The Morgan fingerprint density at radius 2 is 1.76 bits per heavy atom. The van der Waals surface area contributed by atoms with Gasteiger partial charge in [0.15, 0.2) is 0 Å². The van der Waals surface area contributed by atoms with Gasteiger partial charge >= 0.3 is 0 Å². The van der Waals surface area contributed by atoms with Crippen molar-refractivity contribution < 1.29 is 4.79 Å². The first-order valence-electron chi connectivity index (χ1n) is 6.26. The molecule has 0 saturated heterocycles. The first kappa shape index (κ1) is 13.3. The lowest BCUT2D eigenvalue weighted by atomic mass is 10.2. The molecule has 0 aliphatic carbocycles. The molecule has 2 aromatic carbocycles. The standard InChI is InChI=1S/C15H11ClN4O/c16-12-8-6-11(7-9-12)14(21)19-15-17-10-18-20(15)13-4-2-1-3-5-13/h1-10H,(H,17,18,19,21). The summed E-state index contributed by atoms with van der Waals surface area (Å²) in [7, 11) is 0. The summed E-state index contributed by atoms with van der Waals surface area (Å²) in [6.07, 6.45) is 1.39. The Morgan fingerprint density at radius 3 is 2.48 bits per heavy atom. The molecule has 1 heterocycles. The van der Waals surface area contributed by atoms with E-state index >= 15 is 0 Å². The SMILES string of the molecule is O=C(Nc1ncnn1-c1ccccc1)c1ccc(Cl)cc1. The fourth-order valence-corrected chi connectivity index (χ4v) is 1.99. The van der Waals surface area contributed by atoms with Crippen LogP contribution in [0.15, 0.2) is 60.9 Å². The minimum absolute atomic E-state index is 0.267. The van der Waals surface area contributed by atoms with Crippen molar-refractivity contribution >= 4 is 23.5 Å². The highest BCUT2D eigenvalue weighted by Gasteiger charge is 2.11. The number of para-hydroxylation sites is 1. The first-order chi connectivity index (χ1) is 10.2. The summed E-state index contributed by atoms with van der Waals surface area (Å²) < 4.78 is 1.56. The van der Waals surface area contributed by atoms with Crippen molar-refractivity contribution in [3.8, 4) is 5.69 Å². The van der Waals surface area contributed by atoms with Crippen molar-refractivity contribution in [1.29, 1.82) is 0 Å². The van der Waals surface area contributed by atoms with Gasteiger partial charge in [-0.1, -0.05) is 29.8 Å². The summed E-state index contributed by atoms with van der Waals surface area (Å²) in [5, 5.41) is 7.43. The molecule has 6 heteroatoms. The van der Waals surface area contributed by atoms with Crippen LogP contribution in [0.3, 0.4) is 0 Å². The van der Waals surface area contributed by atoms with Gasteiger partial charge in [0.25, 0.3) is 5.91 Å². The zero-order valence-electron chi connectivity index (χ0n) is 10.9. The van der Waals surface area contributed by atoms with Crippen LogP contribution in [0, 0.1) is 0 Å². The molecule has 3 aromatic rings. The van der Waals surface area contributed by atoms with Crippen molar-refractivity contribution in [2.45, 2.75) is 0 Å². The lowest BCUT2D eigenvalue weighted by Gasteiger charge is -2.07. The predicted octanol–water partition coefficient (Wildman–Crippen LogP) is 3.17. The van der Waals surface area contributed by atoms with Crippen molar-refractivity contribution in [1.82, 2.24) is 14.8 Å². The van der Waals surface area contributed by atoms with E-state index in [-0.39, 0.29) is 5.91 Å². The van der Waals surface area contributed by atoms with Crippen LogP contribution < -0.4 is 5.32 Å². The normalized spacial score (nSPS) is 10.3. The van der Waals surface area contributed by atoms with E-state index in [4.69, 9.17) is 11.6 Å². The average molecular weight is 299 g/mol. The highest BCUT2D eigenvalue weighted by atomic mass is 35.5. The number of anilines is 1. The van der Waals surface area contributed by atoms with Crippen LogP contribution in [0.1, 0.15) is 10.4 Å². The Bertz CT molecular complexity index is 753. The minimum Gasteiger partial charge on any atom is -0.290 e. The number of nitrogens with one attached hydrogen (secondary N) is 1. The van der Waals surface area contributed by atoms with Crippen LogP contribution in [0.4, 0.5) is 5.95 Å². The Kier molecular flexibility index (Phi) is 3.66. The van der Waals surface area contributed by atoms with E-state index in [1.54, 1.807) is 28.9 Å². The third kappa shape index (κ3) is 2.93. The van der Waals surface area contributed by atoms with Crippen LogP contribution in [-0.2, 0) is 0 Å². The summed E-state index contributed by atoms with van der Waals surface area (Å²) in [5.41, 5.74) is 1.32. The Morgan fingerprint density at radius 1 is 1.05 bits per heavy atom. The number of rotatable bonds is 3. The van der Waals surface area contributed by atoms with Crippen LogP contribution in [0.5, 0.6) is 0 Å². The molecule has 3 rings (SSSR count). The molecule has 0 aliphatic rings. The second kappa shape index (κ2) is 5.76. The van der Waals surface area contributed by atoms with Gasteiger partial charge in [0.1, 0.15) is 6.33 Å². The van der Waals surface area contributed by atoms with Gasteiger partial charge in [-0.15, -0.1) is 0 Å². The van der Waals surface area contributed by atoms with Crippen LogP contribution in [-0.4, -0.2) is 20.7 Å². The third-order valence-electron chi connectivity index (χ3n) is 2.88. The average Bonchev–Trinajstić information content (AvgIpc) is 2.97. The van der Waals surface area contributed by atoms with Gasteiger partial charge in [-0.25, -0.2) is 0 Å². The van der Waals surface area contributed by atoms with Crippen molar-refractivity contribution in [3.05, 3.63) is 71.5 Å². The summed E-state index contributed by atoms with van der Waals surface area (Å²) in [6.45, 7) is 0. The van der Waals surface area contributed by atoms with Crippen molar-refractivity contribution in [2.75, 3.05) is 5.32 Å². The van der Waals surface area contributed by atoms with Crippen molar-refractivity contribution in [3.63, 3.8) is 0 Å². The summed E-state index contributed by atoms with van der Waals surface area (Å²) >= 11 is 5.81. The van der Waals surface area contributed by atoms with Gasteiger partial charge < -0.3 is 0 Å². The predicted molar refractivity (Wildman–Crippen MR) is 80.8 cm³/mol. The molecule has 0 spiro atoms. The van der Waals surface area contributed by atoms with Crippen molar-refractivity contribution in [2.24, 2.45) is 0 Å². The zero-order valence-corrected chi connectivity index (χ0v) is 11.7. The molecule has 5 nitrogen and oxygen atoms in total. The Hall–Kier alpha value is -2.66. The highest BCUT2D eigenvalue weighted by molar-refractivity contribution is 6.30. The largest absolute Gasteiger partial charge is 0.290 e. The fraction of sp³-hybridized carbons (Fsp3) is 0. The van der Waals surface area contributed by atoms with Gasteiger partial charge in [0.05, 0.1) is 5.69 Å². The van der Waals surface area contributed by atoms with Crippen LogP contribution in [0.25, 0.3) is 5.69 Å². The minimum atomic E-state index is -0.267. The number of aromatic nitrogens is 3. The number of carbonyl (C=O) groups is 1. The number of halogens is 1. The molecule has 0 saturated carbocycles. The molecule has 0 atom stereocenters. The van der Waals surface area contributed by atoms with E-state index in [0.29, 0.717) is 16.5 Å². The fourth-order valence-electron chi connectivity index (χ4n) is 1.86.